The van der Waals surface area contributed by atoms with Gasteiger partial charge in [-0.05, 0) is 43.0 Å². The van der Waals surface area contributed by atoms with Crippen LogP contribution in [0.2, 0.25) is 0 Å². The van der Waals surface area contributed by atoms with Gasteiger partial charge >= 0.3 is 0 Å². The van der Waals surface area contributed by atoms with Crippen molar-refractivity contribution in [2.24, 2.45) is 0 Å². The van der Waals surface area contributed by atoms with Crippen LogP contribution in [-0.4, -0.2) is 64.8 Å². The molecule has 2 aromatic carbocycles. The highest BCUT2D eigenvalue weighted by atomic mass is 19.1. The molecule has 2 aromatic rings. The first-order valence-electron chi connectivity index (χ1n) is 10.2. The van der Waals surface area contributed by atoms with Crippen molar-refractivity contribution in [3.8, 4) is 11.1 Å². The number of likely N-dealkylation sites (tertiary alicyclic amines) is 1. The second kappa shape index (κ2) is 10.8. The lowest BCUT2D eigenvalue weighted by Crippen LogP contribution is -2.55. The van der Waals surface area contributed by atoms with Crippen LogP contribution in [0.5, 0.6) is 0 Å². The molecule has 0 radical (unpaired) electrons. The van der Waals surface area contributed by atoms with Crippen molar-refractivity contribution in [1.29, 1.82) is 0 Å². The van der Waals surface area contributed by atoms with E-state index < -0.39 is 18.3 Å². The third-order valence-corrected chi connectivity index (χ3v) is 5.33. The van der Waals surface area contributed by atoms with Crippen LogP contribution in [0.4, 0.5) is 4.39 Å². The smallest absolute Gasteiger partial charge is 0.131 e. The lowest BCUT2D eigenvalue weighted by atomic mass is 10.0. The first-order valence-corrected chi connectivity index (χ1v) is 10.2. The Morgan fingerprint density at radius 2 is 1.66 bits per heavy atom. The van der Waals surface area contributed by atoms with E-state index in [1.807, 2.05) is 41.3 Å². The molecule has 0 bridgehead atoms. The Balaban J connectivity index is 1.31. The highest BCUT2D eigenvalue weighted by Crippen LogP contribution is 2.23. The highest BCUT2D eigenvalue weighted by molar-refractivity contribution is 5.64. The summed E-state index contributed by atoms with van der Waals surface area (Å²) >= 11 is 0. The Labute approximate surface area is 171 Å². The van der Waals surface area contributed by atoms with Crippen LogP contribution in [0.25, 0.3) is 11.1 Å². The number of aliphatic hydroxyl groups excluding tert-OH is 3. The zero-order chi connectivity index (χ0) is 20.6. The minimum absolute atomic E-state index is 0.242. The van der Waals surface area contributed by atoms with Gasteiger partial charge in [-0.1, -0.05) is 42.5 Å². The van der Waals surface area contributed by atoms with Gasteiger partial charge in [0.05, 0.1) is 18.8 Å². The van der Waals surface area contributed by atoms with Gasteiger partial charge in [0.25, 0.3) is 0 Å². The fourth-order valence-corrected chi connectivity index (χ4v) is 3.67. The molecule has 0 amide bonds. The van der Waals surface area contributed by atoms with Crippen molar-refractivity contribution >= 4 is 0 Å². The van der Waals surface area contributed by atoms with E-state index in [0.717, 1.165) is 36.9 Å². The van der Waals surface area contributed by atoms with E-state index in [1.54, 1.807) is 6.07 Å². The van der Waals surface area contributed by atoms with E-state index in [4.69, 9.17) is 4.74 Å². The number of piperidine rings is 1. The first-order chi connectivity index (χ1) is 14.0. The maximum atomic E-state index is 14.4. The summed E-state index contributed by atoms with van der Waals surface area (Å²) in [5.74, 6) is -0.242. The number of aliphatic hydroxyl groups is 3. The molecule has 3 rings (SSSR count). The molecule has 0 aromatic heterocycles. The van der Waals surface area contributed by atoms with E-state index in [2.05, 4.69) is 0 Å². The van der Waals surface area contributed by atoms with Crippen molar-refractivity contribution < 1.29 is 24.4 Å². The summed E-state index contributed by atoms with van der Waals surface area (Å²) in [6.07, 6.45) is -0.0457. The number of rotatable bonds is 9. The highest BCUT2D eigenvalue weighted by Gasteiger charge is 2.32. The molecule has 1 heterocycles. The third-order valence-electron chi connectivity index (χ3n) is 5.33. The fraction of sp³-hybridized carbons (Fsp3) is 0.478. The monoisotopic (exact) mass is 403 g/mol. The van der Waals surface area contributed by atoms with Crippen molar-refractivity contribution in [2.75, 3.05) is 26.2 Å². The Morgan fingerprint density at radius 3 is 2.34 bits per heavy atom. The molecule has 1 aliphatic heterocycles. The molecule has 0 spiro atoms. The molecule has 0 aliphatic carbocycles. The van der Waals surface area contributed by atoms with Crippen molar-refractivity contribution in [1.82, 2.24) is 4.90 Å². The Kier molecular flexibility index (Phi) is 8.15. The summed E-state index contributed by atoms with van der Waals surface area (Å²) < 4.78 is 20.0. The number of hydrogen-bond acceptors (Lipinski definition) is 5. The van der Waals surface area contributed by atoms with Crippen molar-refractivity contribution in [2.45, 2.75) is 44.2 Å². The molecule has 158 valence electrons. The van der Waals surface area contributed by atoms with E-state index in [0.29, 0.717) is 31.9 Å². The van der Waals surface area contributed by atoms with Gasteiger partial charge in [0.1, 0.15) is 11.9 Å². The predicted molar refractivity (Wildman–Crippen MR) is 110 cm³/mol. The second-order valence-corrected chi connectivity index (χ2v) is 7.68. The Bertz CT molecular complexity index is 746. The van der Waals surface area contributed by atoms with E-state index in [-0.39, 0.29) is 5.82 Å². The maximum Gasteiger partial charge on any atom is 0.131 e. The molecule has 3 atom stereocenters. The van der Waals surface area contributed by atoms with Crippen LogP contribution in [0.1, 0.15) is 24.8 Å². The fourth-order valence-electron chi connectivity index (χ4n) is 3.67. The van der Waals surface area contributed by atoms with Crippen LogP contribution in [-0.2, 0) is 11.3 Å². The molecular formula is C23H30FNO4. The number of halogens is 1. The van der Waals surface area contributed by atoms with Crippen LogP contribution < -0.4 is 0 Å². The standard InChI is InChI=1S/C23H30FNO4/c24-20-13-17(9-10-19(20)18-7-3-1-4-8-18)16-29-12-6-2-5-11-25-14-21(26)23(28)22(27)15-25/h1,3-4,7-10,13,21-23,26-28H,2,5-6,11-12,14-16H2/t21-,22+,23?. The molecule has 29 heavy (non-hydrogen) atoms. The van der Waals surface area contributed by atoms with Gasteiger partial charge in [0.15, 0.2) is 0 Å². The summed E-state index contributed by atoms with van der Waals surface area (Å²) in [7, 11) is 0. The maximum absolute atomic E-state index is 14.4. The zero-order valence-electron chi connectivity index (χ0n) is 16.6. The van der Waals surface area contributed by atoms with Crippen molar-refractivity contribution in [3.05, 3.63) is 59.9 Å². The van der Waals surface area contributed by atoms with Crippen molar-refractivity contribution in [3.63, 3.8) is 0 Å². The predicted octanol–water partition coefficient (Wildman–Crippen LogP) is 2.58. The number of hydrogen-bond donors (Lipinski definition) is 3. The third kappa shape index (κ3) is 6.32. The van der Waals surface area contributed by atoms with Gasteiger partial charge in [0, 0.05) is 25.3 Å². The average Bonchev–Trinajstić information content (AvgIpc) is 2.72. The van der Waals surface area contributed by atoms with E-state index >= 15 is 0 Å². The average molecular weight is 403 g/mol. The Hall–Kier alpha value is -1.83. The van der Waals surface area contributed by atoms with E-state index in [1.165, 1.54) is 6.07 Å². The summed E-state index contributed by atoms with van der Waals surface area (Å²) in [5, 5.41) is 29.0. The number of nitrogens with zero attached hydrogens (tertiary/aromatic N) is 1. The molecular weight excluding hydrogens is 373 g/mol. The summed E-state index contributed by atoms with van der Waals surface area (Å²) in [6.45, 7) is 2.53. The summed E-state index contributed by atoms with van der Waals surface area (Å²) in [5.41, 5.74) is 2.27. The van der Waals surface area contributed by atoms with Crippen LogP contribution in [0.15, 0.2) is 48.5 Å². The Morgan fingerprint density at radius 1 is 0.931 bits per heavy atom. The van der Waals surface area contributed by atoms with Gasteiger partial charge in [0.2, 0.25) is 0 Å². The van der Waals surface area contributed by atoms with Gasteiger partial charge in [-0.2, -0.15) is 0 Å². The largest absolute Gasteiger partial charge is 0.389 e. The number of benzene rings is 2. The molecule has 6 heteroatoms. The molecule has 1 fully saturated rings. The van der Waals surface area contributed by atoms with Crippen LogP contribution in [0.3, 0.4) is 0 Å². The first kappa shape index (κ1) is 21.9. The number of ether oxygens (including phenoxy) is 1. The normalized spacial score (nSPS) is 22.7. The van der Waals surface area contributed by atoms with Crippen LogP contribution in [0, 0.1) is 5.82 Å². The molecule has 3 N–H and O–H groups in total. The van der Waals surface area contributed by atoms with Gasteiger partial charge in [-0.15, -0.1) is 0 Å². The lowest BCUT2D eigenvalue weighted by Gasteiger charge is -2.36. The lowest BCUT2D eigenvalue weighted by molar-refractivity contribution is -0.109. The minimum atomic E-state index is -1.05. The summed E-state index contributed by atoms with van der Waals surface area (Å²) in [4.78, 5) is 1.97. The van der Waals surface area contributed by atoms with Crippen LogP contribution >= 0.6 is 0 Å². The van der Waals surface area contributed by atoms with E-state index in [9.17, 15) is 19.7 Å². The minimum Gasteiger partial charge on any atom is -0.389 e. The quantitative estimate of drug-likeness (QED) is 0.562. The molecule has 5 nitrogen and oxygen atoms in total. The zero-order valence-corrected chi connectivity index (χ0v) is 16.6. The van der Waals surface area contributed by atoms with Gasteiger partial charge in [-0.3, -0.25) is 4.90 Å². The van der Waals surface area contributed by atoms with Gasteiger partial charge < -0.3 is 20.1 Å². The molecule has 1 saturated heterocycles. The topological polar surface area (TPSA) is 73.2 Å². The second-order valence-electron chi connectivity index (χ2n) is 7.68. The molecule has 0 saturated carbocycles. The molecule has 1 unspecified atom stereocenters. The number of unbranched alkanes of at least 4 members (excludes halogenated alkanes) is 2. The summed E-state index contributed by atoms with van der Waals surface area (Å²) in [6, 6.07) is 14.7. The molecule has 1 aliphatic rings. The SMILES string of the molecule is OC1[C@H](O)CN(CCCCCOCc2ccc(-c3ccccc3)c(F)c2)C[C@@H]1O. The van der Waals surface area contributed by atoms with Gasteiger partial charge in [-0.25, -0.2) is 4.39 Å². The number of β-amino-alcohol motifs (C(OH)–C–C–N with tert-alkyl or cyclic N) is 2.